The van der Waals surface area contributed by atoms with Crippen LogP contribution in [-0.4, -0.2) is 89.1 Å². The number of Topliss-reactive ketones (excluding diaryl/α,β-unsaturated/α-hetero) is 1. The molecule has 0 radical (unpaired) electrons. The third-order valence-corrected chi connectivity index (χ3v) is 15.0. The quantitative estimate of drug-likeness (QED) is 0.239. The average Bonchev–Trinajstić information content (AvgIpc) is 3.93. The second-order valence-corrected chi connectivity index (χ2v) is 21.1. The maximum absolute atomic E-state index is 14.5. The molecule has 0 aromatic carbocycles. The molecule has 12 nitrogen and oxygen atoms in total. The van der Waals surface area contributed by atoms with Gasteiger partial charge in [0.25, 0.3) is 5.91 Å². The SMILES string of the molecule is CC[C@@H]1C[C@@]1(NC(=O)[C@@H]1[C@@H]2[C@H](CN1C(=O)[C@@H](NC(=O)NC1(CS(=O)(=O)C(C)(C)C)CCCCC1)C(C)(C)C)C2(C)C)C(=O)C(=O)NC1CC1. The molecular weight excluding hydrogens is 646 g/mol. The summed E-state index contributed by atoms with van der Waals surface area (Å²) >= 11 is 0. The normalized spacial score (nSPS) is 30.8. The summed E-state index contributed by atoms with van der Waals surface area (Å²) in [5, 5.41) is 11.6. The van der Waals surface area contributed by atoms with E-state index < -0.39 is 72.7 Å². The fourth-order valence-corrected chi connectivity index (χ4v) is 9.96. The van der Waals surface area contributed by atoms with Gasteiger partial charge in [-0.2, -0.15) is 0 Å². The van der Waals surface area contributed by atoms with Crippen molar-refractivity contribution >= 4 is 39.4 Å². The van der Waals surface area contributed by atoms with E-state index in [1.807, 2.05) is 27.7 Å². The summed E-state index contributed by atoms with van der Waals surface area (Å²) in [5.41, 5.74) is -3.17. The fourth-order valence-electron chi connectivity index (χ4n) is 8.44. The zero-order chi connectivity index (χ0) is 36.5. The second kappa shape index (κ2) is 12.5. The molecule has 0 bridgehead atoms. The Balaban J connectivity index is 1.35. The fraction of sp³-hybridized carbons (Fsp3) is 0.861. The highest BCUT2D eigenvalue weighted by atomic mass is 32.2. The molecule has 0 unspecified atom stereocenters. The average molecular weight is 706 g/mol. The molecule has 0 aromatic heterocycles. The molecule has 276 valence electrons. The van der Waals surface area contributed by atoms with E-state index in [2.05, 4.69) is 35.1 Å². The van der Waals surface area contributed by atoms with Crippen LogP contribution in [0.5, 0.6) is 0 Å². The number of carbonyl (C=O) groups is 5. The summed E-state index contributed by atoms with van der Waals surface area (Å²) in [6.45, 7) is 16.9. The van der Waals surface area contributed by atoms with Crippen molar-refractivity contribution < 1.29 is 32.4 Å². The Hall–Kier alpha value is -2.70. The number of carbonyl (C=O) groups excluding carboxylic acids is 5. The molecule has 5 amide bonds. The van der Waals surface area contributed by atoms with E-state index in [9.17, 15) is 32.4 Å². The number of urea groups is 1. The first-order valence-electron chi connectivity index (χ1n) is 18.3. The zero-order valence-corrected chi connectivity index (χ0v) is 31.8. The van der Waals surface area contributed by atoms with E-state index in [-0.39, 0.29) is 35.0 Å². The highest BCUT2D eigenvalue weighted by Gasteiger charge is 2.71. The molecule has 1 saturated heterocycles. The van der Waals surface area contributed by atoms with Crippen LogP contribution >= 0.6 is 0 Å². The Labute approximate surface area is 292 Å². The summed E-state index contributed by atoms with van der Waals surface area (Å²) in [5.74, 6) is -2.55. The Morgan fingerprint density at radius 2 is 1.53 bits per heavy atom. The number of hydrogen-bond acceptors (Lipinski definition) is 7. The van der Waals surface area contributed by atoms with Crippen LogP contribution in [0.15, 0.2) is 0 Å². The molecule has 4 saturated carbocycles. The zero-order valence-electron chi connectivity index (χ0n) is 31.0. The van der Waals surface area contributed by atoms with E-state index in [0.29, 0.717) is 32.2 Å². The van der Waals surface area contributed by atoms with Crippen LogP contribution in [0.2, 0.25) is 0 Å². The van der Waals surface area contributed by atoms with Crippen molar-refractivity contribution in [2.45, 2.75) is 154 Å². The summed E-state index contributed by atoms with van der Waals surface area (Å²) < 4.78 is 25.6. The largest absolute Gasteiger partial charge is 0.347 e. The minimum absolute atomic E-state index is 0.00825. The van der Waals surface area contributed by atoms with Crippen LogP contribution in [0.3, 0.4) is 0 Å². The molecule has 5 aliphatic rings. The van der Waals surface area contributed by atoms with Crippen LogP contribution in [0.4, 0.5) is 4.79 Å². The van der Waals surface area contributed by atoms with Crippen molar-refractivity contribution in [1.82, 2.24) is 26.2 Å². The van der Waals surface area contributed by atoms with Gasteiger partial charge in [0.1, 0.15) is 17.6 Å². The Morgan fingerprint density at radius 1 is 0.918 bits per heavy atom. The van der Waals surface area contributed by atoms with Gasteiger partial charge < -0.3 is 26.2 Å². The lowest BCUT2D eigenvalue weighted by Gasteiger charge is -2.41. The van der Waals surface area contributed by atoms with Crippen molar-refractivity contribution in [3.63, 3.8) is 0 Å². The van der Waals surface area contributed by atoms with E-state index in [1.54, 1.807) is 25.7 Å². The lowest BCUT2D eigenvalue weighted by Crippen LogP contribution is -2.64. The highest BCUT2D eigenvalue weighted by molar-refractivity contribution is 7.92. The third-order valence-electron chi connectivity index (χ3n) is 12.2. The van der Waals surface area contributed by atoms with E-state index in [0.717, 1.165) is 32.1 Å². The van der Waals surface area contributed by atoms with Gasteiger partial charge in [-0.3, -0.25) is 19.2 Å². The molecule has 1 heterocycles. The van der Waals surface area contributed by atoms with Gasteiger partial charge in [0.15, 0.2) is 9.84 Å². The Bertz CT molecular complexity index is 1490. The molecule has 4 N–H and O–H groups in total. The number of rotatable bonds is 11. The number of nitrogens with one attached hydrogen (secondary N) is 4. The van der Waals surface area contributed by atoms with Crippen molar-refractivity contribution in [3.8, 4) is 0 Å². The predicted molar refractivity (Wildman–Crippen MR) is 186 cm³/mol. The predicted octanol–water partition coefficient (Wildman–Crippen LogP) is 3.23. The molecule has 0 aromatic rings. The third kappa shape index (κ3) is 7.24. The molecule has 5 fully saturated rings. The van der Waals surface area contributed by atoms with Gasteiger partial charge in [-0.05, 0) is 81.5 Å². The highest BCUT2D eigenvalue weighted by Crippen LogP contribution is 2.65. The molecule has 13 heteroatoms. The summed E-state index contributed by atoms with van der Waals surface area (Å²) in [6, 6.07) is -2.49. The summed E-state index contributed by atoms with van der Waals surface area (Å²) in [4.78, 5) is 70.3. The number of amides is 5. The molecule has 4 aliphatic carbocycles. The van der Waals surface area contributed by atoms with Gasteiger partial charge >= 0.3 is 6.03 Å². The van der Waals surface area contributed by atoms with Crippen LogP contribution < -0.4 is 21.3 Å². The van der Waals surface area contributed by atoms with Crippen LogP contribution in [0, 0.1) is 28.6 Å². The molecule has 6 atom stereocenters. The number of fused-ring (bicyclic) bond motifs is 1. The van der Waals surface area contributed by atoms with Crippen LogP contribution in [0.25, 0.3) is 0 Å². The van der Waals surface area contributed by atoms with E-state index in [4.69, 9.17) is 0 Å². The van der Waals surface area contributed by atoms with Crippen LogP contribution in [0.1, 0.15) is 120 Å². The number of likely N-dealkylation sites (tertiary alicyclic amines) is 1. The maximum atomic E-state index is 14.5. The number of nitrogens with zero attached hydrogens (tertiary/aromatic N) is 1. The Kier molecular flexibility index (Phi) is 9.59. The smallest absolute Gasteiger partial charge is 0.315 e. The van der Waals surface area contributed by atoms with E-state index >= 15 is 0 Å². The first-order valence-corrected chi connectivity index (χ1v) is 19.9. The number of ketones is 1. The minimum Gasteiger partial charge on any atom is -0.347 e. The second-order valence-electron chi connectivity index (χ2n) is 18.3. The summed E-state index contributed by atoms with van der Waals surface area (Å²) in [7, 11) is -3.56. The summed E-state index contributed by atoms with van der Waals surface area (Å²) in [6.07, 6.45) is 6.25. The minimum atomic E-state index is -3.56. The van der Waals surface area contributed by atoms with Crippen LogP contribution in [-0.2, 0) is 29.0 Å². The van der Waals surface area contributed by atoms with Crippen molar-refractivity contribution in [2.75, 3.05) is 12.3 Å². The van der Waals surface area contributed by atoms with Gasteiger partial charge in [0.2, 0.25) is 17.6 Å². The standard InChI is InChI=1S/C36H59N5O7S/c1-10-21-18-36(21,27(42)29(44)37-22-14-15-22)39-28(43)25-24-23(34(24,8)9)19-41(25)30(45)26(32(2,3)4)38-31(46)40-35(16-12-11-13-17-35)20-49(47,48)33(5,6)7/h21-26H,10-20H2,1-9H3,(H,37,44)(H,39,43)(H2,38,40,46)/t21-,23+,24+,25+,26-,36+/m1/s1. The van der Waals surface area contributed by atoms with Gasteiger partial charge in [-0.15, -0.1) is 0 Å². The number of piperidine rings is 1. The first kappa shape index (κ1) is 37.6. The molecule has 1 aliphatic heterocycles. The first-order chi connectivity index (χ1) is 22.5. The van der Waals surface area contributed by atoms with Gasteiger partial charge in [0.05, 0.1) is 16.0 Å². The van der Waals surface area contributed by atoms with Gasteiger partial charge in [0, 0.05) is 12.6 Å². The van der Waals surface area contributed by atoms with Gasteiger partial charge in [-0.25, -0.2) is 13.2 Å². The topological polar surface area (TPSA) is 171 Å². The van der Waals surface area contributed by atoms with Crippen molar-refractivity contribution in [1.29, 1.82) is 0 Å². The lowest BCUT2D eigenvalue weighted by atomic mass is 9.83. The molecule has 0 spiro atoms. The van der Waals surface area contributed by atoms with E-state index in [1.165, 1.54) is 0 Å². The molecule has 5 rings (SSSR count). The molecular formula is C36H59N5O7S. The van der Waals surface area contributed by atoms with Gasteiger partial charge in [-0.1, -0.05) is 67.2 Å². The molecule has 49 heavy (non-hydrogen) atoms. The monoisotopic (exact) mass is 705 g/mol. The van der Waals surface area contributed by atoms with Crippen molar-refractivity contribution in [2.24, 2.45) is 28.6 Å². The number of sulfone groups is 1. The van der Waals surface area contributed by atoms with Crippen molar-refractivity contribution in [3.05, 3.63) is 0 Å². The number of hydrogen-bond donors (Lipinski definition) is 4. The Morgan fingerprint density at radius 3 is 2.04 bits per heavy atom. The maximum Gasteiger partial charge on any atom is 0.315 e. The lowest BCUT2D eigenvalue weighted by molar-refractivity contribution is -0.146.